The molecule has 0 atom stereocenters. The van der Waals surface area contributed by atoms with E-state index in [0.717, 1.165) is 24.9 Å². The summed E-state index contributed by atoms with van der Waals surface area (Å²) in [6, 6.07) is 0. The van der Waals surface area contributed by atoms with Crippen LogP contribution in [0.5, 0.6) is 0 Å². The summed E-state index contributed by atoms with van der Waals surface area (Å²) in [6.07, 6.45) is 98.3. The first-order valence-corrected chi connectivity index (χ1v) is 43.2. The van der Waals surface area contributed by atoms with Crippen LogP contribution in [0.1, 0.15) is 464 Å². The second-order valence-electron chi connectivity index (χ2n) is 29.5. The summed E-state index contributed by atoms with van der Waals surface area (Å²) in [4.78, 5) is 4.73. The highest BCUT2D eigenvalue weighted by Crippen LogP contribution is 2.24. The van der Waals surface area contributed by atoms with Gasteiger partial charge in [0.05, 0.1) is 13.2 Å². The van der Waals surface area contributed by atoms with Crippen molar-refractivity contribution >= 4 is 10.4 Å². The molecular formula is C82H172N2O6S. The average molecular weight is 1310 g/mol. The molecule has 0 aromatic rings. The Morgan fingerprint density at radius 1 is 0.231 bits per heavy atom. The highest BCUT2D eigenvalue weighted by Gasteiger charge is 2.14. The van der Waals surface area contributed by atoms with Gasteiger partial charge in [0.25, 0.3) is 0 Å². The van der Waals surface area contributed by atoms with E-state index in [1.807, 2.05) is 0 Å². The number of nitrogens with zero attached hydrogens (tertiary/aromatic N) is 2. The van der Waals surface area contributed by atoms with E-state index in [4.69, 9.17) is 17.5 Å². The quantitative estimate of drug-likeness (QED) is 0.0351. The lowest BCUT2D eigenvalue weighted by atomic mass is 9.93. The van der Waals surface area contributed by atoms with E-state index < -0.39 is 10.4 Å². The Morgan fingerprint density at radius 3 is 0.451 bits per heavy atom. The fraction of sp³-hybridized carbons (Fsp3) is 1.00. The lowest BCUT2D eigenvalue weighted by Crippen LogP contribution is -2.28. The van der Waals surface area contributed by atoms with Crippen molar-refractivity contribution in [1.82, 2.24) is 9.80 Å². The predicted octanol–water partition coefficient (Wildman–Crippen LogP) is 27.0. The zero-order chi connectivity index (χ0) is 67.1. The first kappa shape index (κ1) is 94.9. The molecule has 552 valence electrons. The number of unbranched alkanes of at least 4 members (excludes halogenated alkanes) is 60. The van der Waals surface area contributed by atoms with E-state index >= 15 is 0 Å². The molecular weight excluding hydrogens is 1140 g/mol. The van der Waals surface area contributed by atoms with Crippen LogP contribution >= 0.6 is 0 Å². The predicted molar refractivity (Wildman–Crippen MR) is 407 cm³/mol. The van der Waals surface area contributed by atoms with Gasteiger partial charge >= 0.3 is 10.4 Å². The van der Waals surface area contributed by atoms with E-state index in [9.17, 15) is 10.2 Å². The average Bonchev–Trinajstić information content (AvgIpc) is 3.70. The minimum atomic E-state index is -4.67. The van der Waals surface area contributed by atoms with Gasteiger partial charge in [0.15, 0.2) is 0 Å². The second kappa shape index (κ2) is 83.9. The molecule has 4 N–H and O–H groups in total. The molecule has 0 aromatic heterocycles. The Kier molecular flexibility index (Phi) is 87.5. The number of aliphatic hydroxyl groups is 2. The normalized spacial score (nSPS) is 11.8. The lowest BCUT2D eigenvalue weighted by Gasteiger charge is -2.23. The molecule has 0 aliphatic heterocycles. The van der Waals surface area contributed by atoms with Crippen molar-refractivity contribution in [3.8, 4) is 0 Å². The van der Waals surface area contributed by atoms with E-state index in [1.165, 1.54) is 450 Å². The second-order valence-corrected chi connectivity index (χ2v) is 30.4. The van der Waals surface area contributed by atoms with Crippen LogP contribution < -0.4 is 0 Å². The van der Waals surface area contributed by atoms with Gasteiger partial charge in [-0.05, 0) is 51.6 Å². The standard InChI is InChI=1S/2C41H85NO.H2O4S/c2*1-4-6-8-10-12-14-16-18-20-22-24-26-28-30-32-34-36-41(40-42(3)38-39-43)37-35-33-31-29-27-25-23-21-19-17-15-13-11-9-7-5-2;1-5(2,3)4/h2*41,43H,4-40H2,1-3H3;(H2,1,2,3,4). The summed E-state index contributed by atoms with van der Waals surface area (Å²) in [5.74, 6) is 1.66. The maximum Gasteiger partial charge on any atom is 0.394 e. The molecule has 0 fully saturated rings. The smallest absolute Gasteiger partial charge is 0.394 e. The summed E-state index contributed by atoms with van der Waals surface area (Å²) in [6.45, 7) is 13.8. The zero-order valence-corrected chi connectivity index (χ0v) is 64.2. The maximum atomic E-state index is 9.36. The Labute approximate surface area is 574 Å². The molecule has 0 bridgehead atoms. The largest absolute Gasteiger partial charge is 0.395 e. The van der Waals surface area contributed by atoms with E-state index in [2.05, 4.69) is 51.6 Å². The van der Waals surface area contributed by atoms with Crippen LogP contribution in [-0.2, 0) is 10.4 Å². The van der Waals surface area contributed by atoms with Crippen molar-refractivity contribution in [2.24, 2.45) is 11.8 Å². The van der Waals surface area contributed by atoms with Crippen LogP contribution in [0.4, 0.5) is 0 Å². The highest BCUT2D eigenvalue weighted by molar-refractivity contribution is 7.79. The van der Waals surface area contributed by atoms with Gasteiger partial charge < -0.3 is 20.0 Å². The molecule has 0 saturated heterocycles. The molecule has 0 aliphatic carbocycles. The fourth-order valence-corrected chi connectivity index (χ4v) is 14.0. The SMILES string of the molecule is CCCCCCCCCCCCCCCCCCC(CCCCCCCCCCCCCCCCCC)CN(C)CCO.CCCCCCCCCCCCCCCCCCC(CCCCCCCCCCCCCCCCCC)CN(C)CCO.O=S(=O)(O)O. The van der Waals surface area contributed by atoms with Gasteiger partial charge in [-0.2, -0.15) is 8.42 Å². The summed E-state index contributed by atoms with van der Waals surface area (Å²) in [7, 11) is -0.269. The fourth-order valence-electron chi connectivity index (χ4n) is 14.0. The first-order valence-electron chi connectivity index (χ1n) is 41.8. The molecule has 0 saturated carbocycles. The molecule has 0 aliphatic rings. The van der Waals surface area contributed by atoms with Crippen molar-refractivity contribution in [1.29, 1.82) is 0 Å². The third-order valence-corrected chi connectivity index (χ3v) is 20.0. The third kappa shape index (κ3) is 93.9. The molecule has 0 rings (SSSR count). The lowest BCUT2D eigenvalue weighted by molar-refractivity contribution is 0.192. The Balaban J connectivity index is -0.00000158. The molecule has 0 amide bonds. The number of aliphatic hydroxyl groups excluding tert-OH is 2. The molecule has 0 spiro atoms. The van der Waals surface area contributed by atoms with Gasteiger partial charge in [-0.3, -0.25) is 9.11 Å². The summed E-state index contributed by atoms with van der Waals surface area (Å²) in [5.41, 5.74) is 0. The molecule has 91 heavy (non-hydrogen) atoms. The summed E-state index contributed by atoms with van der Waals surface area (Å²) in [5, 5.41) is 18.7. The van der Waals surface area contributed by atoms with E-state index in [0.29, 0.717) is 13.2 Å². The van der Waals surface area contributed by atoms with Gasteiger partial charge in [-0.15, -0.1) is 0 Å². The maximum absolute atomic E-state index is 9.36. The van der Waals surface area contributed by atoms with Crippen LogP contribution in [-0.4, -0.2) is 91.0 Å². The molecule has 9 heteroatoms. The van der Waals surface area contributed by atoms with Crippen LogP contribution in [0.25, 0.3) is 0 Å². The van der Waals surface area contributed by atoms with E-state index in [-0.39, 0.29) is 0 Å². The first-order chi connectivity index (χ1) is 44.5. The van der Waals surface area contributed by atoms with Crippen molar-refractivity contribution in [3.05, 3.63) is 0 Å². The molecule has 0 unspecified atom stereocenters. The zero-order valence-electron chi connectivity index (χ0n) is 63.4. The van der Waals surface area contributed by atoms with Crippen LogP contribution in [0.3, 0.4) is 0 Å². The number of hydrogen-bond donors (Lipinski definition) is 4. The molecule has 0 aromatic carbocycles. The van der Waals surface area contributed by atoms with Gasteiger partial charge in [0.1, 0.15) is 0 Å². The minimum Gasteiger partial charge on any atom is -0.395 e. The van der Waals surface area contributed by atoms with Gasteiger partial charge in [-0.25, -0.2) is 0 Å². The van der Waals surface area contributed by atoms with Crippen molar-refractivity contribution in [2.45, 2.75) is 464 Å². The molecule has 0 heterocycles. The van der Waals surface area contributed by atoms with Gasteiger partial charge in [0.2, 0.25) is 0 Å². The van der Waals surface area contributed by atoms with Gasteiger partial charge in [-0.1, -0.05) is 439 Å². The summed E-state index contributed by atoms with van der Waals surface area (Å²) >= 11 is 0. The number of hydrogen-bond acceptors (Lipinski definition) is 6. The topological polar surface area (TPSA) is 122 Å². The monoisotopic (exact) mass is 1310 g/mol. The minimum absolute atomic E-state index is 0.293. The Bertz CT molecular complexity index is 1210. The number of rotatable bonds is 76. The third-order valence-electron chi connectivity index (χ3n) is 20.0. The van der Waals surface area contributed by atoms with E-state index in [1.54, 1.807) is 0 Å². The van der Waals surface area contributed by atoms with Crippen LogP contribution in [0.15, 0.2) is 0 Å². The van der Waals surface area contributed by atoms with Crippen LogP contribution in [0.2, 0.25) is 0 Å². The van der Waals surface area contributed by atoms with Crippen molar-refractivity contribution in [3.63, 3.8) is 0 Å². The van der Waals surface area contributed by atoms with Crippen LogP contribution in [0, 0.1) is 11.8 Å². The molecule has 8 nitrogen and oxygen atoms in total. The summed E-state index contributed by atoms with van der Waals surface area (Å²) < 4.78 is 31.6. The van der Waals surface area contributed by atoms with Crippen molar-refractivity contribution in [2.75, 3.05) is 53.5 Å². The van der Waals surface area contributed by atoms with Crippen molar-refractivity contribution < 1.29 is 27.7 Å². The Hall–Kier alpha value is -0.290. The molecule has 0 radical (unpaired) electrons. The van der Waals surface area contributed by atoms with Gasteiger partial charge in [0, 0.05) is 26.2 Å². The highest BCUT2D eigenvalue weighted by atomic mass is 32.3. The Morgan fingerprint density at radius 2 is 0.341 bits per heavy atom. The number of likely N-dealkylation sites (N-methyl/N-ethyl adjacent to an activating group) is 2.